The predicted molar refractivity (Wildman–Crippen MR) is 128 cm³/mol. The number of ketones is 1. The molecule has 2 rings (SSSR count). The Morgan fingerprint density at radius 3 is 2.18 bits per heavy atom. The van der Waals surface area contributed by atoms with E-state index in [1.165, 1.54) is 4.90 Å². The van der Waals surface area contributed by atoms with Crippen LogP contribution in [0.3, 0.4) is 0 Å². The van der Waals surface area contributed by atoms with Crippen LogP contribution in [0.5, 0.6) is 0 Å². The second-order valence-corrected chi connectivity index (χ2v) is 10.5. The summed E-state index contributed by atoms with van der Waals surface area (Å²) in [7, 11) is 0. The van der Waals surface area contributed by atoms with Crippen molar-refractivity contribution in [1.29, 1.82) is 0 Å². The largest absolute Gasteiger partial charge is 0.363 e. The van der Waals surface area contributed by atoms with Crippen LogP contribution < -0.4 is 21.7 Å². The number of rotatable bonds is 9. The third-order valence-electron chi connectivity index (χ3n) is 6.45. The maximum absolute atomic E-state index is 13.7. The van der Waals surface area contributed by atoms with Gasteiger partial charge < -0.3 is 26.6 Å². The molecule has 0 aromatic rings. The molecular weight excluding hydrogens is 438 g/mol. The van der Waals surface area contributed by atoms with Crippen molar-refractivity contribution in [1.82, 2.24) is 20.9 Å². The van der Waals surface area contributed by atoms with Crippen molar-refractivity contribution in [2.75, 3.05) is 6.54 Å². The van der Waals surface area contributed by atoms with Gasteiger partial charge in [-0.05, 0) is 58.8 Å². The maximum Gasteiger partial charge on any atom is 0.315 e. The standard InChI is InChI=1S/C24H41N5O5/c1-5-10-16(19(30)20(25)31)26-21(32)17-13-9-14-29(17)22(33)18(15-11-7-6-8-12-15)27-23(34)28-24(2,3)4/h15-18H,5-14H2,1-4H3,(H2,25,31)(H,26,32)(H2,27,28,34). The summed E-state index contributed by atoms with van der Waals surface area (Å²) in [4.78, 5) is 64.4. The molecule has 34 heavy (non-hydrogen) atoms. The lowest BCUT2D eigenvalue weighted by Gasteiger charge is -2.35. The van der Waals surface area contributed by atoms with E-state index in [-0.39, 0.29) is 18.2 Å². The normalized spacial score (nSPS) is 20.8. The van der Waals surface area contributed by atoms with Gasteiger partial charge >= 0.3 is 6.03 Å². The van der Waals surface area contributed by atoms with Crippen LogP contribution in [0, 0.1) is 5.92 Å². The first-order valence-electron chi connectivity index (χ1n) is 12.5. The zero-order chi connectivity index (χ0) is 25.5. The fourth-order valence-corrected chi connectivity index (χ4v) is 4.85. The molecule has 192 valence electrons. The van der Waals surface area contributed by atoms with E-state index in [1.807, 2.05) is 27.7 Å². The number of carbonyl (C=O) groups is 5. The predicted octanol–water partition coefficient (Wildman–Crippen LogP) is 1.36. The van der Waals surface area contributed by atoms with Crippen molar-refractivity contribution in [2.24, 2.45) is 11.7 Å². The van der Waals surface area contributed by atoms with E-state index < -0.39 is 47.3 Å². The highest BCUT2D eigenvalue weighted by atomic mass is 16.2. The van der Waals surface area contributed by atoms with E-state index in [1.54, 1.807) is 0 Å². The van der Waals surface area contributed by atoms with Crippen LogP contribution in [-0.2, 0) is 19.2 Å². The van der Waals surface area contributed by atoms with Gasteiger partial charge in [-0.15, -0.1) is 0 Å². The van der Waals surface area contributed by atoms with Crippen LogP contribution >= 0.6 is 0 Å². The highest BCUT2D eigenvalue weighted by molar-refractivity contribution is 6.37. The number of urea groups is 1. The van der Waals surface area contributed by atoms with Crippen LogP contribution in [-0.4, -0.2) is 64.6 Å². The monoisotopic (exact) mass is 479 g/mol. The summed E-state index contributed by atoms with van der Waals surface area (Å²) >= 11 is 0. The van der Waals surface area contributed by atoms with Crippen molar-refractivity contribution in [3.05, 3.63) is 0 Å². The summed E-state index contributed by atoms with van der Waals surface area (Å²) < 4.78 is 0. The topological polar surface area (TPSA) is 151 Å². The molecule has 3 unspecified atom stereocenters. The number of hydrogen-bond acceptors (Lipinski definition) is 5. The minimum atomic E-state index is -1.09. The average Bonchev–Trinajstić information content (AvgIpc) is 3.25. The molecule has 1 heterocycles. The van der Waals surface area contributed by atoms with Gasteiger partial charge in [0.1, 0.15) is 12.1 Å². The first-order valence-corrected chi connectivity index (χ1v) is 12.5. The molecule has 0 aromatic carbocycles. The quantitative estimate of drug-likeness (QED) is 0.368. The van der Waals surface area contributed by atoms with Crippen LogP contribution in [0.4, 0.5) is 4.79 Å². The first kappa shape index (κ1) is 27.6. The number of hydrogen-bond donors (Lipinski definition) is 4. The summed E-state index contributed by atoms with van der Waals surface area (Å²) in [5.74, 6) is -2.68. The number of nitrogens with one attached hydrogen (secondary N) is 3. The molecular formula is C24H41N5O5. The summed E-state index contributed by atoms with van der Waals surface area (Å²) in [6, 6.07) is -2.90. The molecule has 3 atom stereocenters. The van der Waals surface area contributed by atoms with Gasteiger partial charge in [0.15, 0.2) is 0 Å². The van der Waals surface area contributed by atoms with Gasteiger partial charge in [-0.1, -0.05) is 32.6 Å². The molecule has 1 aliphatic carbocycles. The van der Waals surface area contributed by atoms with Gasteiger partial charge in [0.2, 0.25) is 17.6 Å². The summed E-state index contributed by atoms with van der Waals surface area (Å²) in [5.41, 5.74) is 4.68. The van der Waals surface area contributed by atoms with Crippen molar-refractivity contribution < 1.29 is 24.0 Å². The molecule has 10 nitrogen and oxygen atoms in total. The molecule has 2 fully saturated rings. The molecule has 1 saturated carbocycles. The number of nitrogens with zero attached hydrogens (tertiary/aromatic N) is 1. The second-order valence-electron chi connectivity index (χ2n) is 10.5. The van der Waals surface area contributed by atoms with Gasteiger partial charge in [-0.25, -0.2) is 4.79 Å². The van der Waals surface area contributed by atoms with Gasteiger partial charge in [-0.2, -0.15) is 0 Å². The van der Waals surface area contributed by atoms with Crippen molar-refractivity contribution in [3.8, 4) is 0 Å². The zero-order valence-electron chi connectivity index (χ0n) is 20.9. The molecule has 2 aliphatic rings. The number of primary amides is 1. The average molecular weight is 480 g/mol. The van der Waals surface area contributed by atoms with E-state index in [0.717, 1.165) is 32.1 Å². The Morgan fingerprint density at radius 1 is 0.971 bits per heavy atom. The number of amides is 5. The molecule has 1 saturated heterocycles. The Hall–Kier alpha value is -2.65. The number of Topliss-reactive ketones (excluding diaryl/α,β-unsaturated/α-hetero) is 1. The Kier molecular flexibility index (Phi) is 9.88. The Bertz CT molecular complexity index is 772. The lowest BCUT2D eigenvalue weighted by Crippen LogP contribution is -2.59. The number of likely N-dealkylation sites (tertiary alicyclic amines) is 1. The van der Waals surface area contributed by atoms with Gasteiger partial charge in [-0.3, -0.25) is 19.2 Å². The molecule has 0 radical (unpaired) electrons. The highest BCUT2D eigenvalue weighted by Gasteiger charge is 2.41. The SMILES string of the molecule is CCCC(NC(=O)C1CCCN1C(=O)C(NC(=O)NC(C)(C)C)C1CCCCC1)C(=O)C(N)=O. The molecule has 5 amide bonds. The third-order valence-corrected chi connectivity index (χ3v) is 6.45. The summed E-state index contributed by atoms with van der Waals surface area (Å²) in [6.45, 7) is 7.83. The number of carbonyl (C=O) groups excluding carboxylic acids is 5. The fraction of sp³-hybridized carbons (Fsp3) is 0.792. The first-order chi connectivity index (χ1) is 15.9. The van der Waals surface area contributed by atoms with E-state index in [0.29, 0.717) is 25.8 Å². The molecule has 0 bridgehead atoms. The van der Waals surface area contributed by atoms with E-state index >= 15 is 0 Å². The van der Waals surface area contributed by atoms with Crippen LogP contribution in [0.25, 0.3) is 0 Å². The fourth-order valence-electron chi connectivity index (χ4n) is 4.85. The van der Waals surface area contributed by atoms with Crippen molar-refractivity contribution >= 4 is 29.5 Å². The Balaban J connectivity index is 2.18. The summed E-state index contributed by atoms with van der Waals surface area (Å²) in [5, 5.41) is 8.37. The van der Waals surface area contributed by atoms with Crippen molar-refractivity contribution in [3.63, 3.8) is 0 Å². The lowest BCUT2D eigenvalue weighted by atomic mass is 9.83. The summed E-state index contributed by atoms with van der Waals surface area (Å²) in [6.07, 6.45) is 6.72. The maximum atomic E-state index is 13.7. The minimum absolute atomic E-state index is 0.000517. The molecule has 5 N–H and O–H groups in total. The van der Waals surface area contributed by atoms with E-state index in [2.05, 4.69) is 16.0 Å². The molecule has 0 spiro atoms. The smallest absolute Gasteiger partial charge is 0.315 e. The lowest BCUT2D eigenvalue weighted by molar-refractivity contribution is -0.143. The van der Waals surface area contributed by atoms with Crippen LogP contribution in [0.1, 0.15) is 85.5 Å². The van der Waals surface area contributed by atoms with Gasteiger partial charge in [0.25, 0.3) is 5.91 Å². The van der Waals surface area contributed by atoms with Crippen LogP contribution in [0.15, 0.2) is 0 Å². The third kappa shape index (κ3) is 7.70. The molecule has 10 heteroatoms. The van der Waals surface area contributed by atoms with E-state index in [4.69, 9.17) is 5.73 Å². The molecule has 1 aliphatic heterocycles. The second kappa shape index (κ2) is 12.2. The van der Waals surface area contributed by atoms with Crippen molar-refractivity contribution in [2.45, 2.75) is 109 Å². The Labute approximate surface area is 202 Å². The minimum Gasteiger partial charge on any atom is -0.363 e. The molecule has 0 aromatic heterocycles. The van der Waals surface area contributed by atoms with Gasteiger partial charge in [0, 0.05) is 12.1 Å². The zero-order valence-corrected chi connectivity index (χ0v) is 20.9. The Morgan fingerprint density at radius 2 is 1.62 bits per heavy atom. The van der Waals surface area contributed by atoms with E-state index in [9.17, 15) is 24.0 Å². The number of nitrogens with two attached hydrogens (primary N) is 1. The van der Waals surface area contributed by atoms with Crippen LogP contribution in [0.2, 0.25) is 0 Å². The highest BCUT2D eigenvalue weighted by Crippen LogP contribution is 2.29. The van der Waals surface area contributed by atoms with Gasteiger partial charge in [0.05, 0.1) is 6.04 Å².